The minimum atomic E-state index is -0.0858. The van der Waals surface area contributed by atoms with Crippen molar-refractivity contribution in [1.82, 2.24) is 9.97 Å². The summed E-state index contributed by atoms with van der Waals surface area (Å²) in [6.45, 7) is 0.547. The van der Waals surface area contributed by atoms with Crippen LogP contribution in [-0.4, -0.2) is 22.1 Å². The smallest absolute Gasteiger partial charge is 0.232 e. The van der Waals surface area contributed by atoms with Crippen LogP contribution in [0.5, 0.6) is 5.88 Å². The van der Waals surface area contributed by atoms with E-state index in [1.807, 2.05) is 0 Å². The lowest BCUT2D eigenvalue weighted by molar-refractivity contribution is 0.268. The lowest BCUT2D eigenvalue weighted by Gasteiger charge is -2.08. The van der Waals surface area contributed by atoms with Crippen LogP contribution in [0, 0.1) is 0 Å². The average Bonchev–Trinajstić information content (AvgIpc) is 2.84. The molecule has 1 heterocycles. The van der Waals surface area contributed by atoms with Crippen LogP contribution in [0.4, 0.5) is 0 Å². The second-order valence-corrected chi connectivity index (χ2v) is 3.19. The molecule has 4 heteroatoms. The van der Waals surface area contributed by atoms with Crippen LogP contribution in [-0.2, 0) is 0 Å². The Bertz CT molecular complexity index is 258. The van der Waals surface area contributed by atoms with Gasteiger partial charge in [-0.25, -0.2) is 4.98 Å². The van der Waals surface area contributed by atoms with Gasteiger partial charge in [0.1, 0.15) is 6.61 Å². The summed E-state index contributed by atoms with van der Waals surface area (Å²) in [4.78, 5) is 7.85. The molecule has 2 rings (SSSR count). The Morgan fingerprint density at radius 3 is 2.92 bits per heavy atom. The van der Waals surface area contributed by atoms with Crippen molar-refractivity contribution in [1.29, 1.82) is 0 Å². The minimum absolute atomic E-state index is 0.0858. The molecule has 1 fully saturated rings. The molecule has 4 nitrogen and oxygen atoms in total. The van der Waals surface area contributed by atoms with Crippen LogP contribution in [0.2, 0.25) is 0 Å². The zero-order chi connectivity index (χ0) is 8.44. The number of ether oxygens (including phenoxy) is 1. The summed E-state index contributed by atoms with van der Waals surface area (Å²) in [7, 11) is 0. The van der Waals surface area contributed by atoms with Crippen LogP contribution >= 0.6 is 0 Å². The van der Waals surface area contributed by atoms with Crippen LogP contribution < -0.4 is 10.5 Å². The van der Waals surface area contributed by atoms with Crippen LogP contribution in [0.15, 0.2) is 18.6 Å². The van der Waals surface area contributed by atoms with Crippen LogP contribution in [0.3, 0.4) is 0 Å². The molecule has 12 heavy (non-hydrogen) atoms. The molecule has 0 aromatic carbocycles. The van der Waals surface area contributed by atoms with Gasteiger partial charge in [0.15, 0.2) is 0 Å². The molecule has 0 amide bonds. The second kappa shape index (κ2) is 2.71. The first-order valence-corrected chi connectivity index (χ1v) is 3.96. The van der Waals surface area contributed by atoms with Crippen LogP contribution in [0.1, 0.15) is 12.8 Å². The summed E-state index contributed by atoms with van der Waals surface area (Å²) in [5.74, 6) is 0.550. The van der Waals surface area contributed by atoms with E-state index in [2.05, 4.69) is 9.97 Å². The van der Waals surface area contributed by atoms with Gasteiger partial charge in [-0.3, -0.25) is 4.98 Å². The van der Waals surface area contributed by atoms with Gasteiger partial charge in [0.25, 0.3) is 0 Å². The number of rotatable bonds is 3. The van der Waals surface area contributed by atoms with E-state index in [-0.39, 0.29) is 5.54 Å². The molecule has 0 bridgehead atoms. The minimum Gasteiger partial charge on any atom is -0.475 e. The maximum Gasteiger partial charge on any atom is 0.232 e. The second-order valence-electron chi connectivity index (χ2n) is 3.19. The Morgan fingerprint density at radius 1 is 1.50 bits per heavy atom. The van der Waals surface area contributed by atoms with Gasteiger partial charge in [-0.1, -0.05) is 0 Å². The van der Waals surface area contributed by atoms with Crippen molar-refractivity contribution in [3.63, 3.8) is 0 Å². The zero-order valence-electron chi connectivity index (χ0n) is 6.73. The van der Waals surface area contributed by atoms with Crippen molar-refractivity contribution in [2.45, 2.75) is 18.4 Å². The first-order valence-electron chi connectivity index (χ1n) is 3.96. The van der Waals surface area contributed by atoms with E-state index >= 15 is 0 Å². The number of hydrogen-bond acceptors (Lipinski definition) is 4. The number of hydrogen-bond donors (Lipinski definition) is 1. The fourth-order valence-electron chi connectivity index (χ4n) is 0.883. The Hall–Kier alpha value is -1.16. The predicted octanol–water partition coefficient (Wildman–Crippen LogP) is 0.347. The molecule has 0 unspecified atom stereocenters. The predicted molar refractivity (Wildman–Crippen MR) is 43.7 cm³/mol. The summed E-state index contributed by atoms with van der Waals surface area (Å²) in [6, 6.07) is 0. The SMILES string of the molecule is NC1(COc2cnccn2)CC1. The molecule has 1 saturated carbocycles. The maximum absolute atomic E-state index is 5.82. The summed E-state index contributed by atoms with van der Waals surface area (Å²) in [5, 5.41) is 0. The first kappa shape index (κ1) is 7.49. The summed E-state index contributed by atoms with van der Waals surface area (Å²) < 4.78 is 5.33. The monoisotopic (exact) mass is 165 g/mol. The molecule has 0 radical (unpaired) electrons. The third-order valence-corrected chi connectivity index (χ3v) is 1.94. The molecule has 2 N–H and O–H groups in total. The number of aromatic nitrogens is 2. The van der Waals surface area contributed by atoms with E-state index in [4.69, 9.17) is 10.5 Å². The largest absolute Gasteiger partial charge is 0.475 e. The van der Waals surface area contributed by atoms with E-state index in [9.17, 15) is 0 Å². The average molecular weight is 165 g/mol. The summed E-state index contributed by atoms with van der Waals surface area (Å²) >= 11 is 0. The molecule has 1 aromatic rings. The molecule has 0 aliphatic heterocycles. The van der Waals surface area contributed by atoms with Gasteiger partial charge in [0.05, 0.1) is 11.7 Å². The van der Waals surface area contributed by atoms with Crippen molar-refractivity contribution >= 4 is 0 Å². The molecule has 0 spiro atoms. The quantitative estimate of drug-likeness (QED) is 0.701. The molecule has 1 aliphatic carbocycles. The zero-order valence-corrected chi connectivity index (χ0v) is 6.73. The Labute approximate surface area is 70.8 Å². The molecule has 1 aliphatic rings. The van der Waals surface area contributed by atoms with Gasteiger partial charge >= 0.3 is 0 Å². The van der Waals surface area contributed by atoms with E-state index in [0.29, 0.717) is 12.5 Å². The van der Waals surface area contributed by atoms with Crippen molar-refractivity contribution in [3.8, 4) is 5.88 Å². The lowest BCUT2D eigenvalue weighted by Crippen LogP contribution is -2.29. The summed E-state index contributed by atoms with van der Waals surface area (Å²) in [5.41, 5.74) is 5.74. The summed E-state index contributed by atoms with van der Waals surface area (Å²) in [6.07, 6.45) is 6.90. The van der Waals surface area contributed by atoms with Crippen molar-refractivity contribution in [2.24, 2.45) is 5.73 Å². The first-order chi connectivity index (χ1) is 5.79. The van der Waals surface area contributed by atoms with Gasteiger partial charge in [-0.15, -0.1) is 0 Å². The number of nitrogens with zero attached hydrogens (tertiary/aromatic N) is 2. The van der Waals surface area contributed by atoms with Gasteiger partial charge < -0.3 is 10.5 Å². The molecule has 0 saturated heterocycles. The molecule has 0 atom stereocenters. The highest BCUT2D eigenvalue weighted by Crippen LogP contribution is 2.32. The topological polar surface area (TPSA) is 61.0 Å². The van der Waals surface area contributed by atoms with E-state index < -0.39 is 0 Å². The van der Waals surface area contributed by atoms with E-state index in [1.54, 1.807) is 18.6 Å². The van der Waals surface area contributed by atoms with Crippen LogP contribution in [0.25, 0.3) is 0 Å². The highest BCUT2D eigenvalue weighted by molar-refractivity contribution is 5.05. The van der Waals surface area contributed by atoms with Gasteiger partial charge in [0.2, 0.25) is 5.88 Å². The Balaban J connectivity index is 1.88. The van der Waals surface area contributed by atoms with Crippen molar-refractivity contribution < 1.29 is 4.74 Å². The fraction of sp³-hybridized carbons (Fsp3) is 0.500. The fourth-order valence-corrected chi connectivity index (χ4v) is 0.883. The lowest BCUT2D eigenvalue weighted by atomic mass is 10.3. The van der Waals surface area contributed by atoms with Gasteiger partial charge in [-0.05, 0) is 12.8 Å². The third-order valence-electron chi connectivity index (χ3n) is 1.94. The highest BCUT2D eigenvalue weighted by Gasteiger charge is 2.39. The van der Waals surface area contributed by atoms with Gasteiger partial charge in [-0.2, -0.15) is 0 Å². The van der Waals surface area contributed by atoms with Crippen molar-refractivity contribution in [3.05, 3.63) is 18.6 Å². The Morgan fingerprint density at radius 2 is 2.33 bits per heavy atom. The molecular weight excluding hydrogens is 154 g/mol. The maximum atomic E-state index is 5.82. The third kappa shape index (κ3) is 1.71. The van der Waals surface area contributed by atoms with Gasteiger partial charge in [0, 0.05) is 12.4 Å². The van der Waals surface area contributed by atoms with E-state index in [0.717, 1.165) is 12.8 Å². The van der Waals surface area contributed by atoms with Crippen molar-refractivity contribution in [2.75, 3.05) is 6.61 Å². The molecule has 1 aromatic heterocycles. The number of nitrogens with two attached hydrogens (primary N) is 1. The normalized spacial score (nSPS) is 18.8. The molecule has 64 valence electrons. The standard InChI is InChI=1S/C8H11N3O/c9-8(1-2-8)6-12-7-5-10-3-4-11-7/h3-5H,1-2,6,9H2. The molecular formula is C8H11N3O. The Kier molecular flexibility index (Phi) is 1.69. The highest BCUT2D eigenvalue weighted by atomic mass is 16.5. The van der Waals surface area contributed by atoms with E-state index in [1.165, 1.54) is 0 Å².